The van der Waals surface area contributed by atoms with Crippen LogP contribution in [0.1, 0.15) is 5.56 Å². The Hall–Kier alpha value is -2.57. The summed E-state index contributed by atoms with van der Waals surface area (Å²) in [5.41, 5.74) is -0.871. The normalized spacial score (nSPS) is 11.9. The quantitative estimate of drug-likeness (QED) is 0.744. The second-order valence-electron chi connectivity index (χ2n) is 4.18. The molecule has 3 aromatic rings. The van der Waals surface area contributed by atoms with Gasteiger partial charge in [0.15, 0.2) is 0 Å². The third-order valence-electron chi connectivity index (χ3n) is 2.89. The molecule has 0 spiro atoms. The molecule has 3 rings (SSSR count). The van der Waals surface area contributed by atoms with Crippen molar-refractivity contribution in [1.82, 2.24) is 14.5 Å². The Balaban J connectivity index is 2.32. The molecule has 0 radical (unpaired) electrons. The number of fused-ring (bicyclic) bond motifs is 1. The van der Waals surface area contributed by atoms with Gasteiger partial charge in [-0.1, -0.05) is 6.07 Å². The summed E-state index contributed by atoms with van der Waals surface area (Å²) in [5.74, 6) is 0.267. The number of imidazole rings is 1. The number of hydrogen-bond acceptors (Lipinski definition) is 2. The zero-order valence-electron chi connectivity index (χ0n) is 9.98. The summed E-state index contributed by atoms with van der Waals surface area (Å²) in [6.07, 6.45) is -3.00. The number of nitrogens with zero attached hydrogens (tertiary/aromatic N) is 2. The predicted octanol–water partition coefficient (Wildman–Crippen LogP) is 2.73. The SMILES string of the molecule is O=c1[nH]c2ccc(C(F)(F)F)cc2n1-c1ccccn1. The predicted molar refractivity (Wildman–Crippen MR) is 66.7 cm³/mol. The van der Waals surface area contributed by atoms with E-state index in [-0.39, 0.29) is 11.3 Å². The van der Waals surface area contributed by atoms with E-state index in [1.165, 1.54) is 12.3 Å². The van der Waals surface area contributed by atoms with E-state index in [1.807, 2.05) is 0 Å². The van der Waals surface area contributed by atoms with E-state index < -0.39 is 17.4 Å². The molecule has 0 unspecified atom stereocenters. The molecule has 0 aliphatic heterocycles. The van der Waals surface area contributed by atoms with E-state index in [0.29, 0.717) is 5.52 Å². The second-order valence-corrected chi connectivity index (χ2v) is 4.18. The molecule has 0 atom stereocenters. The first-order valence-electron chi connectivity index (χ1n) is 5.70. The van der Waals surface area contributed by atoms with Gasteiger partial charge < -0.3 is 4.98 Å². The van der Waals surface area contributed by atoms with Gasteiger partial charge in [-0.3, -0.25) is 0 Å². The molecule has 0 saturated carbocycles. The van der Waals surface area contributed by atoms with Crippen molar-refractivity contribution in [2.45, 2.75) is 6.18 Å². The zero-order chi connectivity index (χ0) is 14.3. The van der Waals surface area contributed by atoms with E-state index in [0.717, 1.165) is 16.7 Å². The molecule has 2 aromatic heterocycles. The lowest BCUT2D eigenvalue weighted by atomic mass is 10.2. The molecule has 7 heteroatoms. The molecule has 0 fully saturated rings. The van der Waals surface area contributed by atoms with Gasteiger partial charge in [-0.05, 0) is 30.3 Å². The summed E-state index contributed by atoms with van der Waals surface area (Å²) in [5, 5.41) is 0. The van der Waals surface area contributed by atoms with Crippen molar-refractivity contribution in [2.24, 2.45) is 0 Å². The highest BCUT2D eigenvalue weighted by molar-refractivity contribution is 5.77. The standard InChI is InChI=1S/C13H8F3N3O/c14-13(15,16)8-4-5-9-10(7-8)19(12(20)18-9)11-3-1-2-6-17-11/h1-7H,(H,18,20). The maximum atomic E-state index is 12.7. The molecule has 20 heavy (non-hydrogen) atoms. The highest BCUT2D eigenvalue weighted by Gasteiger charge is 2.31. The third-order valence-corrected chi connectivity index (χ3v) is 2.89. The number of aromatic nitrogens is 3. The third kappa shape index (κ3) is 1.97. The first kappa shape index (κ1) is 12.5. The summed E-state index contributed by atoms with van der Waals surface area (Å²) in [7, 11) is 0. The minimum Gasteiger partial charge on any atom is -0.305 e. The van der Waals surface area contributed by atoms with Gasteiger partial charge in [0.1, 0.15) is 5.82 Å². The van der Waals surface area contributed by atoms with Crippen LogP contribution in [0.15, 0.2) is 47.4 Å². The highest BCUT2D eigenvalue weighted by Crippen LogP contribution is 2.31. The van der Waals surface area contributed by atoms with Gasteiger partial charge >= 0.3 is 11.9 Å². The zero-order valence-corrected chi connectivity index (χ0v) is 9.98. The number of halogens is 3. The minimum atomic E-state index is -4.46. The highest BCUT2D eigenvalue weighted by atomic mass is 19.4. The Morgan fingerprint density at radius 2 is 1.95 bits per heavy atom. The van der Waals surface area contributed by atoms with Crippen LogP contribution < -0.4 is 5.69 Å². The van der Waals surface area contributed by atoms with Crippen molar-refractivity contribution >= 4 is 11.0 Å². The van der Waals surface area contributed by atoms with Crippen molar-refractivity contribution in [1.29, 1.82) is 0 Å². The Labute approximate surface area is 110 Å². The van der Waals surface area contributed by atoms with Gasteiger partial charge in [0.25, 0.3) is 0 Å². The van der Waals surface area contributed by atoms with Crippen molar-refractivity contribution in [2.75, 3.05) is 0 Å². The van der Waals surface area contributed by atoms with E-state index in [2.05, 4.69) is 9.97 Å². The van der Waals surface area contributed by atoms with Gasteiger partial charge in [-0.25, -0.2) is 14.3 Å². The fraction of sp³-hybridized carbons (Fsp3) is 0.0769. The molecule has 1 N–H and O–H groups in total. The summed E-state index contributed by atoms with van der Waals surface area (Å²) in [4.78, 5) is 18.4. The van der Waals surface area contributed by atoms with Crippen LogP contribution in [0.3, 0.4) is 0 Å². The van der Waals surface area contributed by atoms with Crippen LogP contribution >= 0.6 is 0 Å². The van der Waals surface area contributed by atoms with Gasteiger partial charge in [-0.15, -0.1) is 0 Å². The maximum Gasteiger partial charge on any atom is 0.416 e. The molecular weight excluding hydrogens is 271 g/mol. The Morgan fingerprint density at radius 1 is 1.15 bits per heavy atom. The lowest BCUT2D eigenvalue weighted by molar-refractivity contribution is -0.137. The molecule has 102 valence electrons. The molecular formula is C13H8F3N3O. The van der Waals surface area contributed by atoms with E-state index in [9.17, 15) is 18.0 Å². The molecule has 0 bridgehead atoms. The van der Waals surface area contributed by atoms with Gasteiger partial charge in [-0.2, -0.15) is 13.2 Å². The Kier molecular flexibility index (Phi) is 2.63. The molecule has 0 aliphatic rings. The van der Waals surface area contributed by atoms with Crippen molar-refractivity contribution in [3.05, 3.63) is 58.6 Å². The van der Waals surface area contributed by atoms with Gasteiger partial charge in [0.2, 0.25) is 0 Å². The maximum absolute atomic E-state index is 12.7. The number of alkyl halides is 3. The average molecular weight is 279 g/mol. The van der Waals surface area contributed by atoms with Crippen LogP contribution in [0.25, 0.3) is 16.9 Å². The summed E-state index contributed by atoms with van der Waals surface area (Å²) in [6.45, 7) is 0. The summed E-state index contributed by atoms with van der Waals surface area (Å²) in [6, 6.07) is 7.96. The summed E-state index contributed by atoms with van der Waals surface area (Å²) >= 11 is 0. The second kappa shape index (κ2) is 4.22. The number of benzene rings is 1. The van der Waals surface area contributed by atoms with Gasteiger partial charge in [0, 0.05) is 6.20 Å². The monoisotopic (exact) mass is 279 g/mol. The molecule has 1 aromatic carbocycles. The van der Waals surface area contributed by atoms with E-state index in [4.69, 9.17) is 0 Å². The first-order valence-corrected chi connectivity index (χ1v) is 5.70. The van der Waals surface area contributed by atoms with Crippen molar-refractivity contribution < 1.29 is 13.2 Å². The van der Waals surface area contributed by atoms with E-state index >= 15 is 0 Å². The van der Waals surface area contributed by atoms with Gasteiger partial charge in [0.05, 0.1) is 16.6 Å². The van der Waals surface area contributed by atoms with Crippen LogP contribution in [0.5, 0.6) is 0 Å². The van der Waals surface area contributed by atoms with Crippen LogP contribution in [0.4, 0.5) is 13.2 Å². The minimum absolute atomic E-state index is 0.142. The van der Waals surface area contributed by atoms with Crippen LogP contribution in [0, 0.1) is 0 Å². The molecule has 0 aliphatic carbocycles. The molecule has 0 amide bonds. The molecule has 0 saturated heterocycles. The fourth-order valence-corrected chi connectivity index (χ4v) is 1.99. The number of H-pyrrole nitrogens is 1. The lowest BCUT2D eigenvalue weighted by Gasteiger charge is -2.07. The number of nitrogens with one attached hydrogen (secondary N) is 1. The van der Waals surface area contributed by atoms with Crippen LogP contribution in [0.2, 0.25) is 0 Å². The van der Waals surface area contributed by atoms with Crippen LogP contribution in [-0.2, 0) is 6.18 Å². The largest absolute Gasteiger partial charge is 0.416 e. The fourth-order valence-electron chi connectivity index (χ4n) is 1.99. The number of rotatable bonds is 1. The number of hydrogen-bond donors (Lipinski definition) is 1. The smallest absolute Gasteiger partial charge is 0.305 e. The Bertz CT molecular complexity index is 818. The Morgan fingerprint density at radius 3 is 2.60 bits per heavy atom. The summed E-state index contributed by atoms with van der Waals surface area (Å²) < 4.78 is 39.3. The van der Waals surface area contributed by atoms with E-state index in [1.54, 1.807) is 18.2 Å². The molecule has 2 heterocycles. The average Bonchev–Trinajstić information content (AvgIpc) is 2.73. The van der Waals surface area contributed by atoms with Crippen molar-refractivity contribution in [3.8, 4) is 5.82 Å². The molecule has 4 nitrogen and oxygen atoms in total. The number of aromatic amines is 1. The van der Waals surface area contributed by atoms with Crippen molar-refractivity contribution in [3.63, 3.8) is 0 Å². The number of pyridine rings is 1. The lowest BCUT2D eigenvalue weighted by Crippen LogP contribution is -2.15. The van der Waals surface area contributed by atoms with Crippen LogP contribution in [-0.4, -0.2) is 14.5 Å². The topological polar surface area (TPSA) is 50.7 Å². The first-order chi connectivity index (χ1) is 9.47.